The second-order valence-corrected chi connectivity index (χ2v) is 5.03. The smallest absolute Gasteiger partial charge is 0.109 e. The quantitative estimate of drug-likeness (QED) is 0.681. The topological polar surface area (TPSA) is 70.5 Å². The van der Waals surface area contributed by atoms with Gasteiger partial charge in [-0.15, -0.1) is 0 Å². The van der Waals surface area contributed by atoms with E-state index < -0.39 is 0 Å². The molecule has 0 aliphatic carbocycles. The van der Waals surface area contributed by atoms with Gasteiger partial charge in [-0.3, -0.25) is 5.10 Å². The first kappa shape index (κ1) is 11.5. The monoisotopic (exact) mass is 304 g/mol. The van der Waals surface area contributed by atoms with E-state index >= 15 is 0 Å². The molecule has 0 aliphatic heterocycles. The third kappa shape index (κ3) is 1.59. The molecule has 18 heavy (non-hydrogen) atoms. The summed E-state index contributed by atoms with van der Waals surface area (Å²) in [5.74, 6) is 0. The molecule has 0 unspecified atom stereocenters. The van der Waals surface area contributed by atoms with Crippen molar-refractivity contribution in [1.82, 2.24) is 15.2 Å². The van der Waals surface area contributed by atoms with Crippen LogP contribution >= 0.6 is 15.9 Å². The first-order valence-electron chi connectivity index (χ1n) is 5.73. The summed E-state index contributed by atoms with van der Waals surface area (Å²) in [4.78, 5) is 3.37. The van der Waals surface area contributed by atoms with Crippen molar-refractivity contribution in [2.24, 2.45) is 5.73 Å². The summed E-state index contributed by atoms with van der Waals surface area (Å²) in [6.45, 7) is 2.49. The number of aromatic amines is 2. The first-order chi connectivity index (χ1) is 8.72. The molecule has 2 heterocycles. The van der Waals surface area contributed by atoms with Gasteiger partial charge in [0.1, 0.15) is 5.69 Å². The molecule has 0 atom stereocenters. The molecule has 0 radical (unpaired) electrons. The molecular weight excluding hydrogens is 292 g/mol. The predicted molar refractivity (Wildman–Crippen MR) is 76.2 cm³/mol. The van der Waals surface area contributed by atoms with Crippen LogP contribution in [0.25, 0.3) is 22.2 Å². The van der Waals surface area contributed by atoms with Crippen LogP contribution in [0.4, 0.5) is 0 Å². The van der Waals surface area contributed by atoms with Gasteiger partial charge >= 0.3 is 0 Å². The van der Waals surface area contributed by atoms with Crippen LogP contribution in [0.15, 0.2) is 28.7 Å². The van der Waals surface area contributed by atoms with Crippen molar-refractivity contribution in [2.75, 3.05) is 0 Å². The summed E-state index contributed by atoms with van der Waals surface area (Å²) in [6.07, 6.45) is 0. The van der Waals surface area contributed by atoms with E-state index in [1.54, 1.807) is 0 Å². The molecule has 2 aromatic heterocycles. The van der Waals surface area contributed by atoms with Gasteiger partial charge in [-0.2, -0.15) is 5.10 Å². The lowest BCUT2D eigenvalue weighted by Gasteiger charge is -1.98. The maximum atomic E-state index is 5.66. The molecule has 0 spiro atoms. The van der Waals surface area contributed by atoms with Crippen molar-refractivity contribution in [3.05, 3.63) is 40.1 Å². The van der Waals surface area contributed by atoms with E-state index in [-0.39, 0.29) is 0 Å². The molecule has 0 saturated heterocycles. The van der Waals surface area contributed by atoms with Crippen molar-refractivity contribution >= 4 is 26.8 Å². The van der Waals surface area contributed by atoms with Crippen LogP contribution in [0.1, 0.15) is 11.4 Å². The van der Waals surface area contributed by atoms with Gasteiger partial charge in [0.05, 0.1) is 10.2 Å². The highest BCUT2D eigenvalue weighted by molar-refractivity contribution is 9.10. The Kier molecular flexibility index (Phi) is 2.72. The number of aryl methyl sites for hydroxylation is 1. The lowest BCUT2D eigenvalue weighted by atomic mass is 10.1. The van der Waals surface area contributed by atoms with E-state index in [1.165, 1.54) is 5.39 Å². The number of benzene rings is 1. The minimum absolute atomic E-state index is 0.439. The van der Waals surface area contributed by atoms with Crippen molar-refractivity contribution < 1.29 is 0 Å². The van der Waals surface area contributed by atoms with E-state index in [0.29, 0.717) is 6.54 Å². The zero-order chi connectivity index (χ0) is 12.7. The second kappa shape index (κ2) is 4.26. The van der Waals surface area contributed by atoms with E-state index in [1.807, 2.05) is 12.1 Å². The fourth-order valence-electron chi connectivity index (χ4n) is 2.25. The summed E-state index contributed by atoms with van der Waals surface area (Å²) in [7, 11) is 0. The zero-order valence-electron chi connectivity index (χ0n) is 9.92. The number of hydrogen-bond donors (Lipinski definition) is 3. The normalized spacial score (nSPS) is 11.3. The summed E-state index contributed by atoms with van der Waals surface area (Å²) >= 11 is 3.57. The lowest BCUT2D eigenvalue weighted by Crippen LogP contribution is -1.96. The number of hydrogen-bond acceptors (Lipinski definition) is 2. The van der Waals surface area contributed by atoms with E-state index in [2.05, 4.69) is 50.2 Å². The molecule has 0 bridgehead atoms. The van der Waals surface area contributed by atoms with E-state index in [4.69, 9.17) is 5.73 Å². The number of aromatic nitrogens is 3. The molecule has 3 rings (SSSR count). The maximum Gasteiger partial charge on any atom is 0.109 e. The van der Waals surface area contributed by atoms with Gasteiger partial charge in [-0.1, -0.05) is 18.2 Å². The van der Waals surface area contributed by atoms with Crippen LogP contribution in [-0.4, -0.2) is 15.2 Å². The molecule has 0 aliphatic rings. The van der Waals surface area contributed by atoms with Crippen molar-refractivity contribution in [3.63, 3.8) is 0 Å². The number of nitrogens with two attached hydrogens (primary N) is 1. The molecule has 92 valence electrons. The standard InChI is InChI=1S/C13H13BrN4/c1-7-11(8-4-2-3-5-9(8)16-7)13-12(14)10(6-15)17-18-13/h2-5,16H,6,15H2,1H3,(H,17,18). The number of fused-ring (bicyclic) bond motifs is 1. The predicted octanol–water partition coefficient (Wildman–Crippen LogP) is 3.09. The van der Waals surface area contributed by atoms with Crippen LogP contribution < -0.4 is 5.73 Å². The molecule has 3 aromatic rings. The van der Waals surface area contributed by atoms with Crippen LogP contribution in [-0.2, 0) is 6.54 Å². The highest BCUT2D eigenvalue weighted by Gasteiger charge is 2.17. The number of H-pyrrole nitrogens is 2. The summed E-state index contributed by atoms with van der Waals surface area (Å²) in [5, 5.41) is 8.51. The van der Waals surface area contributed by atoms with Crippen molar-refractivity contribution in [1.29, 1.82) is 0 Å². The number of nitrogens with one attached hydrogen (secondary N) is 2. The Morgan fingerprint density at radius 2 is 2.11 bits per heavy atom. The highest BCUT2D eigenvalue weighted by Crippen LogP contribution is 2.36. The Balaban J connectivity index is 2.31. The Labute approximate surface area is 113 Å². The van der Waals surface area contributed by atoms with Crippen LogP contribution in [0.2, 0.25) is 0 Å². The van der Waals surface area contributed by atoms with Gasteiger partial charge < -0.3 is 10.7 Å². The Bertz CT molecular complexity index is 711. The molecule has 5 heteroatoms. The maximum absolute atomic E-state index is 5.66. The van der Waals surface area contributed by atoms with Gasteiger partial charge in [-0.05, 0) is 28.9 Å². The van der Waals surface area contributed by atoms with Crippen LogP contribution in [0, 0.1) is 6.92 Å². The largest absolute Gasteiger partial charge is 0.358 e. The second-order valence-electron chi connectivity index (χ2n) is 4.24. The Morgan fingerprint density at radius 1 is 1.33 bits per heavy atom. The molecule has 4 nitrogen and oxygen atoms in total. The Hall–Kier alpha value is -1.59. The molecule has 1 aromatic carbocycles. The van der Waals surface area contributed by atoms with E-state index in [0.717, 1.165) is 32.6 Å². The average Bonchev–Trinajstić information content (AvgIpc) is 2.88. The van der Waals surface area contributed by atoms with Crippen LogP contribution in [0.5, 0.6) is 0 Å². The highest BCUT2D eigenvalue weighted by atomic mass is 79.9. The minimum atomic E-state index is 0.439. The summed E-state index contributed by atoms with van der Waals surface area (Å²) in [6, 6.07) is 8.21. The van der Waals surface area contributed by atoms with Crippen molar-refractivity contribution in [2.45, 2.75) is 13.5 Å². The number of halogens is 1. The van der Waals surface area contributed by atoms with Crippen molar-refractivity contribution in [3.8, 4) is 11.3 Å². The van der Waals surface area contributed by atoms with E-state index in [9.17, 15) is 0 Å². The lowest BCUT2D eigenvalue weighted by molar-refractivity contribution is 0.945. The third-order valence-electron chi connectivity index (χ3n) is 3.11. The number of para-hydroxylation sites is 1. The van der Waals surface area contributed by atoms with Gasteiger partial charge in [0, 0.05) is 28.7 Å². The average molecular weight is 305 g/mol. The molecular formula is C13H13BrN4. The third-order valence-corrected chi connectivity index (χ3v) is 3.96. The van der Waals surface area contributed by atoms with Gasteiger partial charge in [0.2, 0.25) is 0 Å². The summed E-state index contributed by atoms with van der Waals surface area (Å²) in [5.41, 5.74) is 10.8. The Morgan fingerprint density at radius 3 is 2.83 bits per heavy atom. The van der Waals surface area contributed by atoms with Gasteiger partial charge in [-0.25, -0.2) is 0 Å². The molecule has 0 fully saturated rings. The van der Waals surface area contributed by atoms with Gasteiger partial charge in [0.15, 0.2) is 0 Å². The molecule has 4 N–H and O–H groups in total. The summed E-state index contributed by atoms with van der Waals surface area (Å²) < 4.78 is 0.942. The number of rotatable bonds is 2. The fraction of sp³-hybridized carbons (Fsp3) is 0.154. The minimum Gasteiger partial charge on any atom is -0.358 e. The number of nitrogens with zero attached hydrogens (tertiary/aromatic N) is 1. The fourth-order valence-corrected chi connectivity index (χ4v) is 2.78. The van der Waals surface area contributed by atoms with Crippen LogP contribution in [0.3, 0.4) is 0 Å². The molecule has 0 saturated carbocycles. The van der Waals surface area contributed by atoms with Gasteiger partial charge in [0.25, 0.3) is 0 Å². The first-order valence-corrected chi connectivity index (χ1v) is 6.52. The zero-order valence-corrected chi connectivity index (χ0v) is 11.5. The molecule has 0 amide bonds. The SMILES string of the molecule is Cc1[nH]c2ccccc2c1-c1n[nH]c(CN)c1Br.